The highest BCUT2D eigenvalue weighted by Crippen LogP contribution is 2.34. The van der Waals surface area contributed by atoms with Crippen molar-refractivity contribution in [3.05, 3.63) is 60.2 Å². The molecule has 4 aromatic rings. The fraction of sp³-hybridized carbons (Fsp3) is 0.200. The van der Waals surface area contributed by atoms with Gasteiger partial charge in [0.2, 0.25) is 0 Å². The quantitative estimate of drug-likeness (QED) is 0.359. The predicted molar refractivity (Wildman–Crippen MR) is 90.9 cm³/mol. The van der Waals surface area contributed by atoms with E-state index in [-0.39, 0.29) is 0 Å². The van der Waals surface area contributed by atoms with E-state index >= 15 is 0 Å². The molecule has 4 aromatic carbocycles. The molecule has 0 radical (unpaired) electrons. The molecule has 100 valence electrons. The molecule has 0 unspecified atom stereocenters. The van der Waals surface area contributed by atoms with E-state index < -0.39 is 0 Å². The van der Waals surface area contributed by atoms with Crippen LogP contribution in [0.3, 0.4) is 0 Å². The van der Waals surface area contributed by atoms with E-state index in [1.165, 1.54) is 37.9 Å². The van der Waals surface area contributed by atoms with Crippen LogP contribution in [0, 0.1) is 0 Å². The monoisotopic (exact) mass is 260 g/mol. The first kappa shape index (κ1) is 12.9. The van der Waals surface area contributed by atoms with Crippen LogP contribution >= 0.6 is 0 Å². The maximum atomic E-state index is 2.33. The maximum absolute atomic E-state index is 2.33. The molecule has 0 N–H and O–H groups in total. The first-order chi connectivity index (χ1) is 9.86. The molecule has 0 nitrogen and oxygen atoms in total. The first-order valence-corrected chi connectivity index (χ1v) is 7.53. The summed E-state index contributed by atoms with van der Waals surface area (Å²) in [6.45, 7) is 6.22. The third kappa shape index (κ3) is 1.84. The summed E-state index contributed by atoms with van der Waals surface area (Å²) in [5.41, 5.74) is 1.42. The Labute approximate surface area is 120 Å². The Morgan fingerprint density at radius 2 is 1.10 bits per heavy atom. The number of hydrogen-bond acceptors (Lipinski definition) is 0. The average molecular weight is 260 g/mol. The minimum atomic E-state index is 1.09. The molecule has 0 aromatic heterocycles. The number of hydrogen-bond donors (Lipinski definition) is 0. The Hall–Kier alpha value is -2.08. The van der Waals surface area contributed by atoms with Gasteiger partial charge in [-0.2, -0.15) is 0 Å². The predicted octanol–water partition coefficient (Wildman–Crippen LogP) is 6.17. The van der Waals surface area contributed by atoms with Crippen LogP contribution in [-0.2, 0) is 6.42 Å². The number of aryl methyl sites for hydroxylation is 1. The van der Waals surface area contributed by atoms with Gasteiger partial charge < -0.3 is 0 Å². The second kappa shape index (κ2) is 5.13. The van der Waals surface area contributed by atoms with Crippen molar-refractivity contribution in [3.63, 3.8) is 0 Å². The Morgan fingerprint density at radius 1 is 0.650 bits per heavy atom. The molecule has 0 aliphatic rings. The summed E-state index contributed by atoms with van der Waals surface area (Å²) in [5, 5.41) is 8.25. The van der Waals surface area contributed by atoms with E-state index in [2.05, 4.69) is 61.5 Å². The van der Waals surface area contributed by atoms with Gasteiger partial charge in [0.1, 0.15) is 0 Å². The highest BCUT2D eigenvalue weighted by Gasteiger charge is 2.07. The molecule has 0 saturated heterocycles. The SMILES string of the molecule is CC.CCc1cc2ccc3cccc4ccc(c1)c2c34. The van der Waals surface area contributed by atoms with Gasteiger partial charge in [-0.25, -0.2) is 0 Å². The Kier molecular flexibility index (Phi) is 3.31. The fourth-order valence-electron chi connectivity index (χ4n) is 3.02. The summed E-state index contributed by atoms with van der Waals surface area (Å²) < 4.78 is 0. The molecule has 0 aliphatic heterocycles. The Morgan fingerprint density at radius 3 is 1.60 bits per heavy atom. The smallest absolute Gasteiger partial charge is 0.00266 e. The van der Waals surface area contributed by atoms with Gasteiger partial charge in [0.05, 0.1) is 0 Å². The zero-order valence-electron chi connectivity index (χ0n) is 12.4. The summed E-state index contributed by atoms with van der Waals surface area (Å²) in [4.78, 5) is 0. The number of rotatable bonds is 1. The second-order valence-electron chi connectivity index (χ2n) is 4.98. The molecule has 4 rings (SSSR count). The van der Waals surface area contributed by atoms with Gasteiger partial charge in [-0.1, -0.05) is 75.4 Å². The lowest BCUT2D eigenvalue weighted by atomic mass is 9.92. The van der Waals surface area contributed by atoms with Crippen molar-refractivity contribution < 1.29 is 0 Å². The molecule has 0 amide bonds. The fourth-order valence-corrected chi connectivity index (χ4v) is 3.02. The topological polar surface area (TPSA) is 0 Å². The average Bonchev–Trinajstić information content (AvgIpc) is 2.54. The minimum absolute atomic E-state index is 1.09. The molecule has 0 heteroatoms. The summed E-state index contributed by atoms with van der Waals surface area (Å²) in [6.07, 6.45) is 1.09. The third-order valence-electron chi connectivity index (χ3n) is 3.93. The highest BCUT2D eigenvalue weighted by atomic mass is 14.1. The van der Waals surface area contributed by atoms with Crippen molar-refractivity contribution in [2.75, 3.05) is 0 Å². The summed E-state index contributed by atoms with van der Waals surface area (Å²) >= 11 is 0. The van der Waals surface area contributed by atoms with E-state index in [1.54, 1.807) is 0 Å². The largest absolute Gasteiger partial charge is 0.0683 e. The van der Waals surface area contributed by atoms with Gasteiger partial charge in [-0.05, 0) is 44.3 Å². The van der Waals surface area contributed by atoms with Crippen molar-refractivity contribution in [3.8, 4) is 0 Å². The highest BCUT2D eigenvalue weighted by molar-refractivity contribution is 6.23. The lowest BCUT2D eigenvalue weighted by Gasteiger charge is -2.11. The van der Waals surface area contributed by atoms with Crippen molar-refractivity contribution in [2.45, 2.75) is 27.2 Å². The molecule has 0 bridgehead atoms. The zero-order chi connectivity index (χ0) is 14.1. The molecule has 0 saturated carbocycles. The van der Waals surface area contributed by atoms with Crippen molar-refractivity contribution in [1.82, 2.24) is 0 Å². The summed E-state index contributed by atoms with van der Waals surface area (Å²) in [6, 6.07) is 20.2. The number of benzene rings is 4. The molecule has 0 aliphatic carbocycles. The van der Waals surface area contributed by atoms with E-state index in [0.29, 0.717) is 0 Å². The molecule has 0 spiro atoms. The normalized spacial score (nSPS) is 10.9. The minimum Gasteiger partial charge on any atom is -0.0683 e. The van der Waals surface area contributed by atoms with Crippen molar-refractivity contribution >= 4 is 32.3 Å². The maximum Gasteiger partial charge on any atom is -0.00266 e. The Bertz CT molecular complexity index is 792. The van der Waals surface area contributed by atoms with Crippen LogP contribution in [0.25, 0.3) is 32.3 Å². The zero-order valence-corrected chi connectivity index (χ0v) is 12.4. The molecule has 20 heavy (non-hydrogen) atoms. The molecule has 0 atom stereocenters. The van der Waals surface area contributed by atoms with Crippen LogP contribution in [0.5, 0.6) is 0 Å². The van der Waals surface area contributed by atoms with Crippen molar-refractivity contribution in [1.29, 1.82) is 0 Å². The van der Waals surface area contributed by atoms with E-state index in [1.807, 2.05) is 13.8 Å². The van der Waals surface area contributed by atoms with Crippen LogP contribution in [0.1, 0.15) is 26.3 Å². The third-order valence-corrected chi connectivity index (χ3v) is 3.93. The van der Waals surface area contributed by atoms with Crippen LogP contribution in [-0.4, -0.2) is 0 Å². The van der Waals surface area contributed by atoms with Crippen LogP contribution in [0.15, 0.2) is 54.6 Å². The van der Waals surface area contributed by atoms with Crippen LogP contribution < -0.4 is 0 Å². The van der Waals surface area contributed by atoms with E-state index in [4.69, 9.17) is 0 Å². The van der Waals surface area contributed by atoms with Crippen LogP contribution in [0.4, 0.5) is 0 Å². The Balaban J connectivity index is 0.000000581. The van der Waals surface area contributed by atoms with Crippen molar-refractivity contribution in [2.24, 2.45) is 0 Å². The summed E-state index contributed by atoms with van der Waals surface area (Å²) in [7, 11) is 0. The lowest BCUT2D eigenvalue weighted by molar-refractivity contribution is 1.15. The van der Waals surface area contributed by atoms with Gasteiger partial charge in [0.15, 0.2) is 0 Å². The van der Waals surface area contributed by atoms with Gasteiger partial charge in [0, 0.05) is 0 Å². The summed E-state index contributed by atoms with van der Waals surface area (Å²) in [5.74, 6) is 0. The molecular weight excluding hydrogens is 240 g/mol. The van der Waals surface area contributed by atoms with Crippen LogP contribution in [0.2, 0.25) is 0 Å². The molecular formula is C20H20. The first-order valence-electron chi connectivity index (χ1n) is 7.53. The standard InChI is InChI=1S/C18H14.C2H6/c1-2-12-10-15-8-6-13-4-3-5-14-7-9-16(11-12)18(15)17(13)14;1-2/h3-11H,2H2,1H3;1-2H3. The van der Waals surface area contributed by atoms with Gasteiger partial charge in [-0.15, -0.1) is 0 Å². The lowest BCUT2D eigenvalue weighted by Crippen LogP contribution is -1.86. The molecule has 0 fully saturated rings. The van der Waals surface area contributed by atoms with E-state index in [0.717, 1.165) is 6.42 Å². The van der Waals surface area contributed by atoms with Gasteiger partial charge in [0.25, 0.3) is 0 Å². The molecule has 0 heterocycles. The van der Waals surface area contributed by atoms with E-state index in [9.17, 15) is 0 Å². The van der Waals surface area contributed by atoms with Gasteiger partial charge in [-0.3, -0.25) is 0 Å². The van der Waals surface area contributed by atoms with Gasteiger partial charge >= 0.3 is 0 Å². The second-order valence-corrected chi connectivity index (χ2v) is 4.98.